The molecule has 0 bridgehead atoms. The van der Waals surface area contributed by atoms with Gasteiger partial charge in [0.15, 0.2) is 0 Å². The van der Waals surface area contributed by atoms with Gasteiger partial charge in [0.25, 0.3) is 11.7 Å². The van der Waals surface area contributed by atoms with Crippen LogP contribution in [0.15, 0.2) is 48.5 Å². The number of carbonyl (C=O) groups is 3. The first-order chi connectivity index (χ1) is 11.1. The van der Waals surface area contributed by atoms with Crippen molar-refractivity contribution in [2.45, 2.75) is 6.61 Å². The Kier molecular flexibility index (Phi) is 4.12. The number of fused-ring (bicyclic) bond motifs is 1. The molecule has 3 rings (SSSR count). The molecule has 1 aliphatic rings. The molecule has 1 heterocycles. The standard InChI is InChI=1S/C17H12ClNO4/c18-12-5-3-4-11(8-12)10-23-15(20)9-19-14-7-2-1-6-13(14)16(21)17(19)22/h1-8H,9-10H2. The van der Waals surface area contributed by atoms with Crippen molar-refractivity contribution in [3.05, 3.63) is 64.7 Å². The summed E-state index contributed by atoms with van der Waals surface area (Å²) in [6, 6.07) is 13.5. The molecule has 0 aromatic heterocycles. The van der Waals surface area contributed by atoms with Gasteiger partial charge in [-0.25, -0.2) is 0 Å². The maximum Gasteiger partial charge on any atom is 0.326 e. The van der Waals surface area contributed by atoms with E-state index in [1.807, 2.05) is 0 Å². The zero-order valence-electron chi connectivity index (χ0n) is 12.0. The lowest BCUT2D eigenvalue weighted by Gasteiger charge is -2.15. The molecule has 0 spiro atoms. The van der Waals surface area contributed by atoms with Crippen LogP contribution >= 0.6 is 11.6 Å². The molecule has 0 saturated carbocycles. The van der Waals surface area contributed by atoms with Crippen molar-refractivity contribution in [3.63, 3.8) is 0 Å². The monoisotopic (exact) mass is 329 g/mol. The fourth-order valence-corrected chi connectivity index (χ4v) is 2.58. The third kappa shape index (κ3) is 3.10. The highest BCUT2D eigenvalue weighted by molar-refractivity contribution is 6.52. The van der Waals surface area contributed by atoms with Crippen molar-refractivity contribution in [2.24, 2.45) is 0 Å². The van der Waals surface area contributed by atoms with Gasteiger partial charge in [0.2, 0.25) is 0 Å². The van der Waals surface area contributed by atoms with Gasteiger partial charge in [0.1, 0.15) is 13.2 Å². The Morgan fingerprint density at radius 2 is 1.87 bits per heavy atom. The van der Waals surface area contributed by atoms with E-state index in [4.69, 9.17) is 16.3 Å². The summed E-state index contributed by atoms with van der Waals surface area (Å²) in [5.74, 6) is -1.92. The largest absolute Gasteiger partial charge is 0.459 e. The minimum absolute atomic E-state index is 0.0526. The molecule has 5 nitrogen and oxygen atoms in total. The molecule has 2 aromatic carbocycles. The summed E-state index contributed by atoms with van der Waals surface area (Å²) >= 11 is 5.86. The molecule has 23 heavy (non-hydrogen) atoms. The predicted octanol–water partition coefficient (Wildman–Crippen LogP) is 2.61. The summed E-state index contributed by atoms with van der Waals surface area (Å²) in [4.78, 5) is 36.9. The first-order valence-electron chi connectivity index (χ1n) is 6.91. The topological polar surface area (TPSA) is 63.7 Å². The SMILES string of the molecule is O=C(CN1C(=O)C(=O)c2ccccc21)OCc1cccc(Cl)c1. The minimum Gasteiger partial charge on any atom is -0.459 e. The van der Waals surface area contributed by atoms with Crippen LogP contribution in [0.1, 0.15) is 15.9 Å². The van der Waals surface area contributed by atoms with Crippen LogP contribution in [-0.4, -0.2) is 24.2 Å². The lowest BCUT2D eigenvalue weighted by atomic mass is 10.1. The van der Waals surface area contributed by atoms with Crippen molar-refractivity contribution < 1.29 is 19.1 Å². The molecular formula is C17H12ClNO4. The molecule has 0 unspecified atom stereocenters. The van der Waals surface area contributed by atoms with Crippen molar-refractivity contribution in [2.75, 3.05) is 11.4 Å². The van der Waals surface area contributed by atoms with Crippen LogP contribution in [0.5, 0.6) is 0 Å². The average molecular weight is 330 g/mol. The molecule has 0 N–H and O–H groups in total. The highest BCUT2D eigenvalue weighted by atomic mass is 35.5. The van der Waals surface area contributed by atoms with Gasteiger partial charge < -0.3 is 4.74 Å². The Labute approximate surface area is 137 Å². The Morgan fingerprint density at radius 1 is 1.09 bits per heavy atom. The second kappa shape index (κ2) is 6.22. The molecule has 0 saturated heterocycles. The first-order valence-corrected chi connectivity index (χ1v) is 7.29. The summed E-state index contributed by atoms with van der Waals surface area (Å²) in [6.45, 7) is -0.251. The summed E-state index contributed by atoms with van der Waals surface area (Å²) in [6.07, 6.45) is 0. The molecule has 0 radical (unpaired) electrons. The van der Waals surface area contributed by atoms with Gasteiger partial charge in [0.05, 0.1) is 11.3 Å². The molecule has 1 amide bonds. The van der Waals surface area contributed by atoms with E-state index in [2.05, 4.69) is 0 Å². The van der Waals surface area contributed by atoms with E-state index >= 15 is 0 Å². The summed E-state index contributed by atoms with van der Waals surface area (Å²) in [5.41, 5.74) is 1.48. The van der Waals surface area contributed by atoms with E-state index < -0.39 is 17.7 Å². The third-order valence-corrected chi connectivity index (χ3v) is 3.69. The highest BCUT2D eigenvalue weighted by Crippen LogP contribution is 2.28. The number of carbonyl (C=O) groups excluding carboxylic acids is 3. The number of rotatable bonds is 4. The van der Waals surface area contributed by atoms with Gasteiger partial charge >= 0.3 is 5.97 Å². The maximum absolute atomic E-state index is 12.0. The number of ketones is 1. The number of hydrogen-bond donors (Lipinski definition) is 0. The molecule has 0 fully saturated rings. The number of hydrogen-bond acceptors (Lipinski definition) is 4. The van der Waals surface area contributed by atoms with Crippen molar-refractivity contribution >= 4 is 34.9 Å². The third-order valence-electron chi connectivity index (χ3n) is 3.45. The van der Waals surface area contributed by atoms with Crippen LogP contribution in [0.2, 0.25) is 5.02 Å². The quantitative estimate of drug-likeness (QED) is 0.639. The number of anilines is 1. The molecule has 1 aliphatic heterocycles. The van der Waals surface area contributed by atoms with Gasteiger partial charge in [-0.2, -0.15) is 0 Å². The van der Waals surface area contributed by atoms with Crippen LogP contribution in [0.3, 0.4) is 0 Å². The molecule has 0 aliphatic carbocycles. The Bertz CT molecular complexity index is 803. The first kappa shape index (κ1) is 15.2. The van der Waals surface area contributed by atoms with Crippen molar-refractivity contribution in [1.29, 1.82) is 0 Å². The zero-order chi connectivity index (χ0) is 16.4. The van der Waals surface area contributed by atoms with Gasteiger partial charge in [-0.3, -0.25) is 19.3 Å². The summed E-state index contributed by atoms with van der Waals surface area (Å²) in [7, 11) is 0. The van der Waals surface area contributed by atoms with E-state index in [0.717, 1.165) is 10.5 Å². The van der Waals surface area contributed by atoms with E-state index in [-0.39, 0.29) is 13.2 Å². The van der Waals surface area contributed by atoms with Gasteiger partial charge in [-0.15, -0.1) is 0 Å². The average Bonchev–Trinajstić information content (AvgIpc) is 2.79. The number of benzene rings is 2. The fraction of sp³-hybridized carbons (Fsp3) is 0.118. The Morgan fingerprint density at radius 3 is 2.65 bits per heavy atom. The molecular weight excluding hydrogens is 318 g/mol. The molecule has 2 aromatic rings. The number of esters is 1. The number of halogens is 1. The highest BCUT2D eigenvalue weighted by Gasteiger charge is 2.36. The molecule has 116 valence electrons. The smallest absolute Gasteiger partial charge is 0.326 e. The number of para-hydroxylation sites is 1. The number of ether oxygens (including phenoxy) is 1. The van der Waals surface area contributed by atoms with Crippen LogP contribution in [0.25, 0.3) is 0 Å². The maximum atomic E-state index is 12.0. The Hall–Kier alpha value is -2.66. The number of Topliss-reactive ketones (excluding diaryl/α,β-unsaturated/α-hetero) is 1. The summed E-state index contributed by atoms with van der Waals surface area (Å²) in [5, 5.41) is 0.549. The van der Waals surface area contributed by atoms with E-state index in [9.17, 15) is 14.4 Å². The van der Waals surface area contributed by atoms with Crippen molar-refractivity contribution in [1.82, 2.24) is 0 Å². The van der Waals surface area contributed by atoms with Gasteiger partial charge in [-0.05, 0) is 29.8 Å². The predicted molar refractivity (Wildman–Crippen MR) is 84.4 cm³/mol. The lowest BCUT2D eigenvalue weighted by molar-refractivity contribution is -0.143. The second-order valence-corrected chi connectivity index (χ2v) is 5.46. The second-order valence-electron chi connectivity index (χ2n) is 5.03. The van der Waals surface area contributed by atoms with Crippen LogP contribution in [0, 0.1) is 0 Å². The van der Waals surface area contributed by atoms with Crippen LogP contribution in [0.4, 0.5) is 5.69 Å². The van der Waals surface area contributed by atoms with E-state index in [0.29, 0.717) is 16.3 Å². The van der Waals surface area contributed by atoms with Gasteiger partial charge in [0, 0.05) is 5.02 Å². The molecule has 6 heteroatoms. The lowest BCUT2D eigenvalue weighted by Crippen LogP contribution is -2.35. The number of nitrogens with zero attached hydrogens (tertiary/aromatic N) is 1. The van der Waals surface area contributed by atoms with Gasteiger partial charge in [-0.1, -0.05) is 35.9 Å². The summed E-state index contributed by atoms with van der Waals surface area (Å²) < 4.78 is 5.14. The van der Waals surface area contributed by atoms with E-state index in [1.165, 1.54) is 0 Å². The van der Waals surface area contributed by atoms with Crippen LogP contribution < -0.4 is 4.90 Å². The normalized spacial score (nSPS) is 13.2. The van der Waals surface area contributed by atoms with Crippen LogP contribution in [-0.2, 0) is 20.9 Å². The fourth-order valence-electron chi connectivity index (χ4n) is 2.37. The van der Waals surface area contributed by atoms with Crippen molar-refractivity contribution in [3.8, 4) is 0 Å². The zero-order valence-corrected chi connectivity index (χ0v) is 12.7. The minimum atomic E-state index is -0.717. The Balaban J connectivity index is 1.66. The number of amides is 1. The van der Waals surface area contributed by atoms with E-state index in [1.54, 1.807) is 48.5 Å². The molecule has 0 atom stereocenters.